The van der Waals surface area contributed by atoms with Gasteiger partial charge in [-0.2, -0.15) is 0 Å². The molecule has 0 radical (unpaired) electrons. The molecule has 1 aromatic heterocycles. The van der Waals surface area contributed by atoms with Crippen LogP contribution in [0.2, 0.25) is 0 Å². The Bertz CT molecular complexity index is 1580. The Morgan fingerprint density at radius 1 is 1.05 bits per heavy atom. The molecule has 2 aromatic carbocycles. The van der Waals surface area contributed by atoms with Gasteiger partial charge >= 0.3 is 0 Å². The number of aromatic nitrogens is 1. The molecular weight excluding hydrogens is 537 g/mol. The Labute approximate surface area is 245 Å². The molecule has 2 saturated carbocycles. The minimum atomic E-state index is -0.551. The van der Waals surface area contributed by atoms with Crippen molar-refractivity contribution in [1.29, 1.82) is 0 Å². The fourth-order valence-electron chi connectivity index (χ4n) is 4.76. The van der Waals surface area contributed by atoms with Crippen molar-refractivity contribution in [3.8, 4) is 0 Å². The maximum absolute atomic E-state index is 14.9. The van der Waals surface area contributed by atoms with Gasteiger partial charge in [-0.1, -0.05) is 26.0 Å². The summed E-state index contributed by atoms with van der Waals surface area (Å²) in [5.74, 6) is -1.18. The Hall–Kier alpha value is -4.47. The van der Waals surface area contributed by atoms with Crippen molar-refractivity contribution < 1.29 is 18.8 Å². The number of halogens is 1. The smallest absolute Gasteiger partial charge is 0.259 e. The van der Waals surface area contributed by atoms with E-state index in [0.717, 1.165) is 25.7 Å². The molecule has 2 aliphatic rings. The molecule has 42 heavy (non-hydrogen) atoms. The van der Waals surface area contributed by atoms with Gasteiger partial charge in [0, 0.05) is 43.0 Å². The van der Waals surface area contributed by atoms with E-state index in [1.165, 1.54) is 28.6 Å². The summed E-state index contributed by atoms with van der Waals surface area (Å²) in [5.41, 5.74) is 1.26. The number of nitrogens with zero attached hydrogens (tertiary/aromatic N) is 3. The van der Waals surface area contributed by atoms with Gasteiger partial charge in [0.2, 0.25) is 6.41 Å². The quantitative estimate of drug-likeness (QED) is 0.336. The minimum Gasteiger partial charge on any atom is -0.349 e. The number of amides is 3. The Kier molecular flexibility index (Phi) is 9.14. The zero-order chi connectivity index (χ0) is 30.7. The maximum Gasteiger partial charge on any atom is 0.259 e. The standard InChI is InChI=1S/C30H32FN5O4.C2H6/c1-17-8-13-24(23(31)14-17)33-27-25(30(40)34(3)21-11-12-21)26(18(2)29(39)35(27)4)36(16-37)22-7-5-6-19(15-22)28(38)32-20-9-10-20;1-2/h5-8,13-16,20-21,33H,9-12H2,1-4H3,(H,32,38);1-2H3. The van der Waals surface area contributed by atoms with Crippen molar-refractivity contribution in [2.24, 2.45) is 7.05 Å². The lowest BCUT2D eigenvalue weighted by Gasteiger charge is -2.28. The molecule has 2 aliphatic carbocycles. The minimum absolute atomic E-state index is 0.0287. The van der Waals surface area contributed by atoms with E-state index < -0.39 is 17.3 Å². The van der Waals surface area contributed by atoms with Gasteiger partial charge in [-0.25, -0.2) is 4.39 Å². The van der Waals surface area contributed by atoms with E-state index in [2.05, 4.69) is 10.6 Å². The van der Waals surface area contributed by atoms with Gasteiger partial charge in [0.1, 0.15) is 17.2 Å². The lowest BCUT2D eigenvalue weighted by molar-refractivity contribution is -0.106. The zero-order valence-corrected chi connectivity index (χ0v) is 25.0. The predicted octanol–water partition coefficient (Wildman–Crippen LogP) is 5.33. The van der Waals surface area contributed by atoms with Crippen LogP contribution in [0.15, 0.2) is 47.3 Å². The van der Waals surface area contributed by atoms with Crippen LogP contribution >= 0.6 is 0 Å². The molecule has 0 unspecified atom stereocenters. The fraction of sp³-hybridized carbons (Fsp3) is 0.375. The highest BCUT2D eigenvalue weighted by molar-refractivity contribution is 6.09. The summed E-state index contributed by atoms with van der Waals surface area (Å²) in [5, 5.41) is 5.89. The average molecular weight is 576 g/mol. The Morgan fingerprint density at radius 2 is 1.74 bits per heavy atom. The third-order valence-electron chi connectivity index (χ3n) is 7.44. The topological polar surface area (TPSA) is 104 Å². The van der Waals surface area contributed by atoms with Crippen molar-refractivity contribution in [1.82, 2.24) is 14.8 Å². The van der Waals surface area contributed by atoms with Crippen LogP contribution < -0.4 is 21.1 Å². The number of nitrogens with one attached hydrogen (secondary N) is 2. The van der Waals surface area contributed by atoms with E-state index in [1.54, 1.807) is 56.1 Å². The molecule has 0 saturated heterocycles. The number of pyridine rings is 1. The number of hydrogen-bond donors (Lipinski definition) is 2. The normalized spacial score (nSPS) is 13.9. The average Bonchev–Trinajstić information content (AvgIpc) is 3.92. The van der Waals surface area contributed by atoms with Gasteiger partial charge in [0.05, 0.1) is 11.4 Å². The van der Waals surface area contributed by atoms with E-state index in [-0.39, 0.29) is 46.3 Å². The molecule has 222 valence electrons. The van der Waals surface area contributed by atoms with E-state index in [9.17, 15) is 23.6 Å². The first kappa shape index (κ1) is 30.5. The van der Waals surface area contributed by atoms with Gasteiger partial charge in [0.25, 0.3) is 17.4 Å². The van der Waals surface area contributed by atoms with E-state index in [0.29, 0.717) is 23.2 Å². The first-order valence-electron chi connectivity index (χ1n) is 14.3. The molecule has 2 N–H and O–H groups in total. The monoisotopic (exact) mass is 575 g/mol. The van der Waals surface area contributed by atoms with Gasteiger partial charge in [-0.15, -0.1) is 0 Å². The zero-order valence-electron chi connectivity index (χ0n) is 25.0. The van der Waals surface area contributed by atoms with Crippen LogP contribution in [-0.4, -0.2) is 46.8 Å². The SMILES string of the molecule is CC.Cc1ccc(Nc2c(C(=O)N(C)C3CC3)c(N(C=O)c3cccc(C(=O)NC4CC4)c3)c(C)c(=O)n2C)c(F)c1. The molecule has 0 aliphatic heterocycles. The molecule has 0 bridgehead atoms. The Balaban J connectivity index is 0.00000198. The van der Waals surface area contributed by atoms with Crippen LogP contribution in [0.5, 0.6) is 0 Å². The number of carbonyl (C=O) groups excluding carboxylic acids is 3. The lowest BCUT2D eigenvalue weighted by Crippen LogP contribution is -2.35. The highest BCUT2D eigenvalue weighted by Gasteiger charge is 2.36. The summed E-state index contributed by atoms with van der Waals surface area (Å²) in [6.45, 7) is 7.30. The molecule has 3 amide bonds. The van der Waals surface area contributed by atoms with Crippen molar-refractivity contribution in [2.75, 3.05) is 17.3 Å². The number of hydrogen-bond acceptors (Lipinski definition) is 5. The van der Waals surface area contributed by atoms with Crippen LogP contribution in [-0.2, 0) is 11.8 Å². The number of carbonyl (C=O) groups is 3. The third kappa shape index (κ3) is 6.22. The van der Waals surface area contributed by atoms with Crippen molar-refractivity contribution in [2.45, 2.75) is 65.5 Å². The van der Waals surface area contributed by atoms with Crippen molar-refractivity contribution in [3.05, 3.63) is 80.9 Å². The highest BCUT2D eigenvalue weighted by atomic mass is 19.1. The van der Waals surface area contributed by atoms with Crippen LogP contribution in [0.1, 0.15) is 71.4 Å². The second-order valence-electron chi connectivity index (χ2n) is 10.6. The van der Waals surface area contributed by atoms with E-state index in [1.807, 2.05) is 13.8 Å². The summed E-state index contributed by atoms with van der Waals surface area (Å²) in [6.07, 6.45) is 4.05. The number of rotatable bonds is 9. The van der Waals surface area contributed by atoms with Crippen LogP contribution in [0.4, 0.5) is 27.3 Å². The number of aryl methyl sites for hydroxylation is 1. The van der Waals surface area contributed by atoms with Crippen molar-refractivity contribution >= 4 is 41.1 Å². The van der Waals surface area contributed by atoms with Crippen LogP contribution in [0.3, 0.4) is 0 Å². The van der Waals surface area contributed by atoms with Crippen LogP contribution in [0.25, 0.3) is 0 Å². The lowest BCUT2D eigenvalue weighted by atomic mass is 10.0. The summed E-state index contributed by atoms with van der Waals surface area (Å²) in [7, 11) is 3.17. The molecular formula is C32H38FN5O4. The molecule has 0 spiro atoms. The molecule has 0 atom stereocenters. The molecule has 5 rings (SSSR count). The summed E-state index contributed by atoms with van der Waals surface area (Å²) in [4.78, 5) is 55.7. The van der Waals surface area contributed by atoms with Crippen molar-refractivity contribution in [3.63, 3.8) is 0 Å². The van der Waals surface area contributed by atoms with Gasteiger partial charge in [-0.05, 0) is 75.4 Å². The molecule has 9 nitrogen and oxygen atoms in total. The predicted molar refractivity (Wildman–Crippen MR) is 162 cm³/mol. The number of benzene rings is 2. The summed E-state index contributed by atoms with van der Waals surface area (Å²) >= 11 is 0. The van der Waals surface area contributed by atoms with Gasteiger partial charge in [-0.3, -0.25) is 28.6 Å². The molecule has 2 fully saturated rings. The molecule has 10 heteroatoms. The van der Waals surface area contributed by atoms with Gasteiger partial charge < -0.3 is 15.5 Å². The van der Waals surface area contributed by atoms with Gasteiger partial charge in [0.15, 0.2) is 0 Å². The first-order chi connectivity index (χ1) is 20.1. The summed E-state index contributed by atoms with van der Waals surface area (Å²) < 4.78 is 16.2. The first-order valence-corrected chi connectivity index (χ1v) is 14.3. The third-order valence-corrected chi connectivity index (χ3v) is 7.44. The maximum atomic E-state index is 14.9. The number of anilines is 4. The van der Waals surface area contributed by atoms with E-state index >= 15 is 0 Å². The Morgan fingerprint density at radius 3 is 2.33 bits per heavy atom. The highest BCUT2D eigenvalue weighted by Crippen LogP contribution is 2.38. The molecule has 1 heterocycles. The summed E-state index contributed by atoms with van der Waals surface area (Å²) in [6, 6.07) is 11.2. The largest absolute Gasteiger partial charge is 0.349 e. The second-order valence-corrected chi connectivity index (χ2v) is 10.6. The van der Waals surface area contributed by atoms with E-state index in [4.69, 9.17) is 0 Å². The second kappa shape index (κ2) is 12.6. The van der Waals surface area contributed by atoms with Crippen LogP contribution in [0, 0.1) is 19.7 Å². The fourth-order valence-corrected chi connectivity index (χ4v) is 4.76. The molecule has 3 aromatic rings.